The predicted octanol–water partition coefficient (Wildman–Crippen LogP) is 5.02. The Morgan fingerprint density at radius 3 is 2.33 bits per heavy atom. The third-order valence-electron chi connectivity index (χ3n) is 14.8. The van der Waals surface area contributed by atoms with Gasteiger partial charge in [-0.2, -0.15) is 0 Å². The highest BCUT2D eigenvalue weighted by Crippen LogP contribution is 2.47. The summed E-state index contributed by atoms with van der Waals surface area (Å²) >= 11 is 0. The molecule has 5 aromatic rings. The summed E-state index contributed by atoms with van der Waals surface area (Å²) in [6.07, 6.45) is 0.629. The molecule has 8 N–H and O–H groups in total. The molecule has 6 amide bonds. The van der Waals surface area contributed by atoms with E-state index in [0.717, 1.165) is 27.8 Å². The molecule has 0 radical (unpaired) electrons. The number of cyclic esters (lactones) is 1. The lowest BCUT2D eigenvalue weighted by molar-refractivity contribution is -0.172. The highest BCUT2D eigenvalue weighted by Gasteiger charge is 2.46. The second kappa shape index (κ2) is 20.4. The molecule has 9 rings (SSSR count). The van der Waals surface area contributed by atoms with Gasteiger partial charge in [-0.1, -0.05) is 69.3 Å². The van der Waals surface area contributed by atoms with E-state index in [1.807, 2.05) is 48.5 Å². The molecule has 382 valence electrons. The lowest BCUT2D eigenvalue weighted by atomic mass is 9.81. The number of urea groups is 1. The summed E-state index contributed by atoms with van der Waals surface area (Å²) in [6.45, 7) is 6.84. The van der Waals surface area contributed by atoms with Crippen molar-refractivity contribution in [1.82, 2.24) is 36.1 Å². The zero-order valence-corrected chi connectivity index (χ0v) is 41.1. The van der Waals surface area contributed by atoms with E-state index in [0.29, 0.717) is 51.8 Å². The van der Waals surface area contributed by atoms with Gasteiger partial charge >= 0.3 is 18.1 Å². The molecular weight excluding hydrogens is 940 g/mol. The molecule has 0 bridgehead atoms. The molecule has 2 aliphatic heterocycles. The van der Waals surface area contributed by atoms with Crippen LogP contribution in [0.4, 0.5) is 14.0 Å². The Morgan fingerprint density at radius 2 is 1.64 bits per heavy atom. The highest BCUT2D eigenvalue weighted by molar-refractivity contribution is 5.94. The molecule has 0 saturated heterocycles. The van der Waals surface area contributed by atoms with Crippen LogP contribution in [0.5, 0.6) is 0 Å². The van der Waals surface area contributed by atoms with Crippen molar-refractivity contribution >= 4 is 46.7 Å². The topological polar surface area (TPSA) is 262 Å². The first-order valence-electron chi connectivity index (χ1n) is 24.8. The second-order valence-corrected chi connectivity index (χ2v) is 19.6. The summed E-state index contributed by atoms with van der Waals surface area (Å²) < 4.78 is 27.9. The van der Waals surface area contributed by atoms with Gasteiger partial charge in [0.2, 0.25) is 17.7 Å². The van der Waals surface area contributed by atoms with Gasteiger partial charge in [0.25, 0.3) is 5.56 Å². The summed E-state index contributed by atoms with van der Waals surface area (Å²) in [5.74, 6) is -3.37. The number of fused-ring (bicyclic) bond motifs is 8. The molecule has 0 unspecified atom stereocenters. The quantitative estimate of drug-likeness (QED) is 0.0471. The van der Waals surface area contributed by atoms with Gasteiger partial charge in [-0.15, -0.1) is 0 Å². The van der Waals surface area contributed by atoms with E-state index in [1.54, 1.807) is 33.8 Å². The van der Waals surface area contributed by atoms with E-state index in [9.17, 15) is 38.7 Å². The van der Waals surface area contributed by atoms with E-state index < -0.39 is 70.9 Å². The van der Waals surface area contributed by atoms with Crippen LogP contribution in [0.3, 0.4) is 0 Å². The zero-order chi connectivity index (χ0) is 51.9. The molecule has 3 aromatic carbocycles. The third kappa shape index (κ3) is 9.48. The maximum Gasteiger partial charge on any atom is 0.407 e. The number of primary amides is 1. The number of hydrogen-bond acceptors (Lipinski definition) is 11. The first-order chi connectivity index (χ1) is 35.0. The van der Waals surface area contributed by atoms with Gasteiger partial charge in [-0.3, -0.25) is 19.2 Å². The summed E-state index contributed by atoms with van der Waals surface area (Å²) in [6, 6.07) is 15.4. The number of carbonyl (C=O) groups excluding carboxylic acids is 6. The minimum absolute atomic E-state index is 0.00241. The first kappa shape index (κ1) is 50.3. The molecule has 0 fully saturated rings. The SMILES string of the molecule is CC[C@@]1(O)C(=O)OCc2c1cc1n(c2=O)Cc2c-1nc1cc(F)c(C)c3c1c2[C@@H](NC(=O)CCCNC(=O)[C@H](CCCNC(N)=O)NC(=O)[C@@H](NC(=O)OCC1c2ccccc2-c2ccccc21)C(C)C)CC3. The number of esters is 1. The maximum atomic E-state index is 15.4. The zero-order valence-electron chi connectivity index (χ0n) is 41.1. The first-order valence-corrected chi connectivity index (χ1v) is 24.8. The molecule has 18 nitrogen and oxygen atoms in total. The minimum atomic E-state index is -2.04. The fraction of sp³-hybridized carbons (Fsp3) is 0.407. The lowest BCUT2D eigenvalue weighted by Crippen LogP contribution is -2.55. The number of aryl methyl sites for hydroxylation is 1. The number of ether oxygens (including phenoxy) is 2. The summed E-state index contributed by atoms with van der Waals surface area (Å²) in [5.41, 5.74) is 11.0. The van der Waals surface area contributed by atoms with Gasteiger partial charge in [0.1, 0.15) is 31.1 Å². The Labute approximate surface area is 420 Å². The average Bonchev–Trinajstić information content (AvgIpc) is 3.90. The summed E-state index contributed by atoms with van der Waals surface area (Å²) in [5, 5.41) is 26.0. The Balaban J connectivity index is 0.850. The van der Waals surface area contributed by atoms with Crippen molar-refractivity contribution in [2.24, 2.45) is 11.7 Å². The van der Waals surface area contributed by atoms with Crippen molar-refractivity contribution in [1.29, 1.82) is 0 Å². The van der Waals surface area contributed by atoms with Crippen molar-refractivity contribution in [3.05, 3.63) is 121 Å². The molecule has 4 aliphatic rings. The van der Waals surface area contributed by atoms with Crippen LogP contribution in [-0.4, -0.2) is 82.3 Å². The van der Waals surface area contributed by atoms with Crippen molar-refractivity contribution in [2.75, 3.05) is 19.7 Å². The number of halogens is 1. The van der Waals surface area contributed by atoms with Crippen molar-refractivity contribution in [3.63, 3.8) is 0 Å². The Morgan fingerprint density at radius 1 is 0.945 bits per heavy atom. The third-order valence-corrected chi connectivity index (χ3v) is 14.8. The number of nitrogens with one attached hydrogen (secondary N) is 5. The molecule has 4 heterocycles. The van der Waals surface area contributed by atoms with Gasteiger partial charge < -0.3 is 51.5 Å². The Kier molecular flexibility index (Phi) is 14.1. The monoisotopic (exact) mass is 998 g/mol. The Hall–Kier alpha value is -7.67. The van der Waals surface area contributed by atoms with Crippen LogP contribution in [0, 0.1) is 18.7 Å². The molecule has 4 atom stereocenters. The van der Waals surface area contributed by atoms with E-state index in [4.69, 9.17) is 20.2 Å². The van der Waals surface area contributed by atoms with E-state index in [-0.39, 0.29) is 87.9 Å². The molecule has 2 aliphatic carbocycles. The number of amides is 6. The van der Waals surface area contributed by atoms with Crippen molar-refractivity contribution < 1.29 is 47.7 Å². The summed E-state index contributed by atoms with van der Waals surface area (Å²) in [7, 11) is 0. The van der Waals surface area contributed by atoms with E-state index >= 15 is 4.39 Å². The standard InChI is InChI=1S/C54H59FN8O10/c1-5-54(71)37-22-42-47-34(24-63(42)50(67)36(37)26-72-51(54)68)45-39(19-18-29-28(4)38(55)23-41(60-47)44(29)45)59-43(64)17-11-20-57-48(65)40(16-10-21-58-52(56)69)61-49(66)46(27(2)3)62-53(70)73-25-35-32-14-8-6-12-30(32)31-13-7-9-15-33(31)35/h6-9,12-15,22-23,27,35,39-40,46,71H,5,10-11,16-21,24-26H2,1-4H3,(H,57,65)(H,59,64)(H,61,66)(H,62,70)(H3,56,58,69)/t39-,40-,46-,54-/m0/s1. The lowest BCUT2D eigenvalue weighted by Gasteiger charge is -2.31. The van der Waals surface area contributed by atoms with Gasteiger partial charge in [0.15, 0.2) is 5.60 Å². The summed E-state index contributed by atoms with van der Waals surface area (Å²) in [4.78, 5) is 97.7. The van der Waals surface area contributed by atoms with Gasteiger partial charge in [0.05, 0.1) is 35.1 Å². The smallest absolute Gasteiger partial charge is 0.407 e. The van der Waals surface area contributed by atoms with E-state index in [2.05, 4.69) is 26.6 Å². The molecule has 19 heteroatoms. The fourth-order valence-corrected chi connectivity index (χ4v) is 10.9. The molecule has 0 saturated carbocycles. The second-order valence-electron chi connectivity index (χ2n) is 19.6. The number of rotatable bonds is 17. The van der Waals surface area contributed by atoms with Crippen molar-refractivity contribution in [2.45, 2.75) is 115 Å². The van der Waals surface area contributed by atoms with Crippen LogP contribution in [0.2, 0.25) is 0 Å². The fourth-order valence-electron chi connectivity index (χ4n) is 10.9. The number of aromatic nitrogens is 2. The number of carbonyl (C=O) groups is 6. The number of nitrogens with zero attached hydrogens (tertiary/aromatic N) is 2. The molecular formula is C54H59FN8O10. The van der Waals surface area contributed by atoms with Crippen LogP contribution in [0.1, 0.15) is 116 Å². The number of pyridine rings is 2. The molecule has 2 aromatic heterocycles. The largest absolute Gasteiger partial charge is 0.458 e. The number of nitrogens with two attached hydrogens (primary N) is 1. The number of aliphatic hydroxyl groups is 1. The number of alkyl carbamates (subject to hydrolysis) is 1. The normalized spacial score (nSPS) is 17.8. The number of benzene rings is 3. The van der Waals surface area contributed by atoms with Gasteiger partial charge in [-0.25, -0.2) is 23.8 Å². The van der Waals surface area contributed by atoms with Gasteiger partial charge in [-0.05, 0) is 96.4 Å². The van der Waals surface area contributed by atoms with Crippen LogP contribution >= 0.6 is 0 Å². The molecule has 0 spiro atoms. The average molecular weight is 999 g/mol. The predicted molar refractivity (Wildman–Crippen MR) is 266 cm³/mol. The van der Waals surface area contributed by atoms with Crippen LogP contribution in [0.25, 0.3) is 33.4 Å². The minimum Gasteiger partial charge on any atom is -0.458 e. The van der Waals surface area contributed by atoms with Crippen LogP contribution in [0.15, 0.2) is 65.5 Å². The van der Waals surface area contributed by atoms with Crippen LogP contribution < -0.4 is 37.9 Å². The molecule has 73 heavy (non-hydrogen) atoms. The van der Waals surface area contributed by atoms with Crippen LogP contribution in [-0.2, 0) is 53.8 Å². The van der Waals surface area contributed by atoms with E-state index in [1.165, 1.54) is 10.6 Å². The maximum absolute atomic E-state index is 15.4. The number of hydrogen-bond donors (Lipinski definition) is 7. The Bertz CT molecular complexity index is 3110. The van der Waals surface area contributed by atoms with Gasteiger partial charge in [0, 0.05) is 48.0 Å². The van der Waals surface area contributed by atoms with Crippen molar-refractivity contribution in [3.8, 4) is 22.5 Å². The highest BCUT2D eigenvalue weighted by atomic mass is 19.1.